The first kappa shape index (κ1) is 16.3. The quantitative estimate of drug-likeness (QED) is 0.610. The highest BCUT2D eigenvalue weighted by molar-refractivity contribution is 5.83. The molecule has 0 bridgehead atoms. The molecular weight excluding hydrogens is 290 g/mol. The van der Waals surface area contributed by atoms with Crippen molar-refractivity contribution in [2.75, 3.05) is 19.0 Å². The SMILES string of the molecule is COc1ccccc1/C=C/C=N\NC(=O)CNc1ccccc1. The molecule has 0 aliphatic carbocycles. The number of anilines is 1. The van der Waals surface area contributed by atoms with Crippen molar-refractivity contribution in [1.29, 1.82) is 0 Å². The Hall–Kier alpha value is -3.08. The van der Waals surface area contributed by atoms with Crippen LogP contribution in [0.15, 0.2) is 65.8 Å². The molecule has 0 saturated heterocycles. The van der Waals surface area contributed by atoms with Gasteiger partial charge in [0.25, 0.3) is 5.91 Å². The number of para-hydroxylation sites is 2. The van der Waals surface area contributed by atoms with Gasteiger partial charge in [0.1, 0.15) is 5.75 Å². The van der Waals surface area contributed by atoms with Crippen LogP contribution in [0.2, 0.25) is 0 Å². The number of rotatable bonds is 7. The second-order valence-electron chi connectivity index (χ2n) is 4.63. The number of allylic oxidation sites excluding steroid dienone is 1. The molecule has 2 aromatic carbocycles. The maximum Gasteiger partial charge on any atom is 0.259 e. The number of hydrogen-bond donors (Lipinski definition) is 2. The third-order valence-electron chi connectivity index (χ3n) is 2.99. The molecule has 2 aromatic rings. The van der Waals surface area contributed by atoms with Gasteiger partial charge in [-0.2, -0.15) is 5.10 Å². The minimum atomic E-state index is -0.212. The van der Waals surface area contributed by atoms with Gasteiger partial charge in [0.05, 0.1) is 13.7 Å². The number of nitrogens with zero attached hydrogens (tertiary/aromatic N) is 1. The summed E-state index contributed by atoms with van der Waals surface area (Å²) in [4.78, 5) is 11.6. The smallest absolute Gasteiger partial charge is 0.259 e. The summed E-state index contributed by atoms with van der Waals surface area (Å²) in [7, 11) is 1.63. The number of hydrazone groups is 1. The molecule has 0 heterocycles. The molecule has 118 valence electrons. The van der Waals surface area contributed by atoms with Gasteiger partial charge in [0.15, 0.2) is 0 Å². The molecule has 0 aromatic heterocycles. The summed E-state index contributed by atoms with van der Waals surface area (Å²) in [6.07, 6.45) is 5.12. The van der Waals surface area contributed by atoms with Crippen molar-refractivity contribution < 1.29 is 9.53 Å². The molecule has 0 spiro atoms. The van der Waals surface area contributed by atoms with Crippen LogP contribution in [0.25, 0.3) is 6.08 Å². The zero-order chi connectivity index (χ0) is 16.3. The van der Waals surface area contributed by atoms with Gasteiger partial charge in [0.2, 0.25) is 0 Å². The monoisotopic (exact) mass is 309 g/mol. The molecule has 2 rings (SSSR count). The molecule has 0 aliphatic rings. The Morgan fingerprint density at radius 1 is 1.13 bits per heavy atom. The van der Waals surface area contributed by atoms with Crippen molar-refractivity contribution in [2.24, 2.45) is 5.10 Å². The van der Waals surface area contributed by atoms with Gasteiger partial charge in [-0.15, -0.1) is 0 Å². The highest BCUT2D eigenvalue weighted by Gasteiger charge is 1.98. The summed E-state index contributed by atoms with van der Waals surface area (Å²) in [5.74, 6) is 0.573. The predicted octanol–water partition coefficient (Wildman–Crippen LogP) is 2.92. The summed E-state index contributed by atoms with van der Waals surface area (Å²) >= 11 is 0. The first-order chi connectivity index (χ1) is 11.3. The third-order valence-corrected chi connectivity index (χ3v) is 2.99. The summed E-state index contributed by atoms with van der Waals surface area (Å²) in [5.41, 5.74) is 4.29. The summed E-state index contributed by atoms with van der Waals surface area (Å²) < 4.78 is 5.24. The van der Waals surface area contributed by atoms with Crippen LogP contribution < -0.4 is 15.5 Å². The Morgan fingerprint density at radius 2 is 1.87 bits per heavy atom. The molecule has 1 amide bonds. The van der Waals surface area contributed by atoms with E-state index < -0.39 is 0 Å². The number of nitrogens with one attached hydrogen (secondary N) is 2. The molecule has 5 heteroatoms. The van der Waals surface area contributed by atoms with Crippen LogP contribution in [-0.2, 0) is 4.79 Å². The van der Waals surface area contributed by atoms with Crippen molar-refractivity contribution in [3.63, 3.8) is 0 Å². The van der Waals surface area contributed by atoms with E-state index in [9.17, 15) is 4.79 Å². The Bertz CT molecular complexity index is 682. The fourth-order valence-electron chi connectivity index (χ4n) is 1.88. The number of benzene rings is 2. The zero-order valence-corrected chi connectivity index (χ0v) is 12.9. The zero-order valence-electron chi connectivity index (χ0n) is 12.9. The third kappa shape index (κ3) is 5.67. The molecule has 5 nitrogen and oxygen atoms in total. The van der Waals surface area contributed by atoms with Gasteiger partial charge in [-0.25, -0.2) is 5.43 Å². The molecule has 0 aliphatic heterocycles. The van der Waals surface area contributed by atoms with Crippen LogP contribution in [-0.4, -0.2) is 25.8 Å². The molecular formula is C18H19N3O2. The van der Waals surface area contributed by atoms with E-state index in [4.69, 9.17) is 4.74 Å². The minimum Gasteiger partial charge on any atom is -0.496 e. The summed E-state index contributed by atoms with van der Waals surface area (Å²) in [5, 5.41) is 6.87. The lowest BCUT2D eigenvalue weighted by atomic mass is 10.2. The van der Waals surface area contributed by atoms with Crippen LogP contribution >= 0.6 is 0 Å². The van der Waals surface area contributed by atoms with Crippen LogP contribution in [0.4, 0.5) is 5.69 Å². The number of methoxy groups -OCH3 is 1. The number of hydrogen-bond acceptors (Lipinski definition) is 4. The van der Waals surface area contributed by atoms with Crippen LogP contribution in [0.3, 0.4) is 0 Å². The highest BCUT2D eigenvalue weighted by Crippen LogP contribution is 2.18. The molecule has 23 heavy (non-hydrogen) atoms. The van der Waals surface area contributed by atoms with Gasteiger partial charge >= 0.3 is 0 Å². The van der Waals surface area contributed by atoms with Crippen molar-refractivity contribution in [2.45, 2.75) is 0 Å². The molecule has 0 atom stereocenters. The Labute approximate surface area is 135 Å². The fraction of sp³-hybridized carbons (Fsp3) is 0.111. The standard InChI is InChI=1S/C18H19N3O2/c1-23-17-12-6-5-8-15(17)9-7-13-20-21-18(22)14-19-16-10-3-2-4-11-16/h2-13,19H,14H2,1H3,(H,21,22)/b9-7+,20-13-. The summed E-state index contributed by atoms with van der Waals surface area (Å²) in [6.45, 7) is 0.164. The number of carbonyl (C=O) groups excluding carboxylic acids is 1. The predicted molar refractivity (Wildman–Crippen MR) is 93.6 cm³/mol. The first-order valence-corrected chi connectivity index (χ1v) is 7.20. The Kier molecular flexibility index (Phi) is 6.41. The molecule has 2 N–H and O–H groups in total. The first-order valence-electron chi connectivity index (χ1n) is 7.20. The van der Waals surface area contributed by atoms with E-state index in [-0.39, 0.29) is 12.5 Å². The second-order valence-corrected chi connectivity index (χ2v) is 4.63. The molecule has 0 unspecified atom stereocenters. The van der Waals surface area contributed by atoms with E-state index in [1.54, 1.807) is 13.2 Å². The van der Waals surface area contributed by atoms with Gasteiger partial charge in [-0.3, -0.25) is 4.79 Å². The van der Waals surface area contributed by atoms with Crippen LogP contribution in [0.1, 0.15) is 5.56 Å². The van der Waals surface area contributed by atoms with Crippen LogP contribution in [0.5, 0.6) is 5.75 Å². The molecule has 0 radical (unpaired) electrons. The normalized spacial score (nSPS) is 10.8. The number of amides is 1. The van der Waals surface area contributed by atoms with Gasteiger partial charge in [0, 0.05) is 17.5 Å². The van der Waals surface area contributed by atoms with E-state index in [0.29, 0.717) is 0 Å². The van der Waals surface area contributed by atoms with Crippen molar-refractivity contribution in [3.8, 4) is 5.75 Å². The lowest BCUT2D eigenvalue weighted by molar-refractivity contribution is -0.119. The van der Waals surface area contributed by atoms with Crippen molar-refractivity contribution >= 4 is 23.9 Å². The Balaban J connectivity index is 1.75. The van der Waals surface area contributed by atoms with E-state index in [0.717, 1.165) is 17.0 Å². The molecule has 0 saturated carbocycles. The van der Waals surface area contributed by atoms with E-state index in [2.05, 4.69) is 15.8 Å². The minimum absolute atomic E-state index is 0.164. The van der Waals surface area contributed by atoms with Crippen molar-refractivity contribution in [1.82, 2.24) is 5.43 Å². The van der Waals surface area contributed by atoms with Crippen molar-refractivity contribution in [3.05, 3.63) is 66.2 Å². The Morgan fingerprint density at radius 3 is 2.65 bits per heavy atom. The van der Waals surface area contributed by atoms with Gasteiger partial charge in [-0.05, 0) is 30.4 Å². The lowest BCUT2D eigenvalue weighted by Crippen LogP contribution is -2.25. The topological polar surface area (TPSA) is 62.7 Å². The lowest BCUT2D eigenvalue weighted by Gasteiger charge is -2.04. The average molecular weight is 309 g/mol. The number of ether oxygens (including phenoxy) is 1. The van der Waals surface area contributed by atoms with Crippen LogP contribution in [0, 0.1) is 0 Å². The largest absolute Gasteiger partial charge is 0.496 e. The van der Waals surface area contributed by atoms with E-state index in [1.807, 2.05) is 60.7 Å². The fourth-order valence-corrected chi connectivity index (χ4v) is 1.88. The second kappa shape index (κ2) is 9.04. The maximum absolute atomic E-state index is 11.6. The van der Waals surface area contributed by atoms with Gasteiger partial charge in [-0.1, -0.05) is 36.4 Å². The average Bonchev–Trinajstić information content (AvgIpc) is 2.61. The number of carbonyl (C=O) groups is 1. The maximum atomic E-state index is 11.6. The highest BCUT2D eigenvalue weighted by atomic mass is 16.5. The van der Waals surface area contributed by atoms with E-state index >= 15 is 0 Å². The summed E-state index contributed by atoms with van der Waals surface area (Å²) in [6, 6.07) is 17.2. The molecule has 0 fully saturated rings. The van der Waals surface area contributed by atoms with E-state index in [1.165, 1.54) is 6.21 Å². The van der Waals surface area contributed by atoms with Gasteiger partial charge < -0.3 is 10.1 Å².